The highest BCUT2D eigenvalue weighted by atomic mass is 16.7. The van der Waals surface area contributed by atoms with Crippen LogP contribution in [0.3, 0.4) is 0 Å². The number of nitrogens with two attached hydrogens (primary N) is 1. The van der Waals surface area contributed by atoms with Gasteiger partial charge in [-0.2, -0.15) is 0 Å². The fraction of sp³-hybridized carbons (Fsp3) is 0.667. The lowest BCUT2D eigenvalue weighted by atomic mass is 9.86. The van der Waals surface area contributed by atoms with Crippen molar-refractivity contribution in [2.24, 2.45) is 11.7 Å². The van der Waals surface area contributed by atoms with E-state index in [1.54, 1.807) is 0 Å². The molecule has 0 aliphatic rings. The Hall–Kier alpha value is -3.54. The van der Waals surface area contributed by atoms with E-state index >= 15 is 0 Å². The van der Waals surface area contributed by atoms with Crippen molar-refractivity contribution in [1.82, 2.24) is 0 Å². The van der Waals surface area contributed by atoms with Crippen LogP contribution in [-0.4, -0.2) is 61.0 Å². The Balaban J connectivity index is 3.04. The van der Waals surface area contributed by atoms with Crippen LogP contribution in [-0.2, 0) is 30.2 Å². The second-order valence-electron chi connectivity index (χ2n) is 10.6. The number of carboxylic acids is 1. The van der Waals surface area contributed by atoms with Crippen molar-refractivity contribution in [3.8, 4) is 11.5 Å². The Morgan fingerprint density at radius 3 is 1.88 bits per heavy atom. The highest BCUT2D eigenvalue weighted by Gasteiger charge is 2.37. The summed E-state index contributed by atoms with van der Waals surface area (Å²) in [6.07, 6.45) is 1.36. The van der Waals surface area contributed by atoms with E-state index < -0.39 is 36.1 Å². The summed E-state index contributed by atoms with van der Waals surface area (Å²) in [5, 5.41) is 9.94. The number of carbonyl (C=O) groups excluding carboxylic acids is 3. The van der Waals surface area contributed by atoms with Gasteiger partial charge in [-0.1, -0.05) is 59.4 Å². The third-order valence-electron chi connectivity index (χ3n) is 6.14. The van der Waals surface area contributed by atoms with Gasteiger partial charge in [-0.15, -0.1) is 0 Å². The van der Waals surface area contributed by atoms with Crippen molar-refractivity contribution in [3.63, 3.8) is 0 Å². The predicted octanol–water partition coefficient (Wildman–Crippen LogP) is 6.40. The Kier molecular flexibility index (Phi) is 17.0. The molecule has 1 aromatic carbocycles. The molecule has 0 amide bonds. The zero-order valence-electron chi connectivity index (χ0n) is 25.5. The summed E-state index contributed by atoms with van der Waals surface area (Å²) in [5.41, 5.74) is 4.75. The van der Waals surface area contributed by atoms with E-state index in [0.717, 1.165) is 25.7 Å². The molecule has 12 nitrogen and oxygen atoms in total. The van der Waals surface area contributed by atoms with Crippen molar-refractivity contribution in [1.29, 1.82) is 0 Å². The van der Waals surface area contributed by atoms with Crippen LogP contribution in [0.15, 0.2) is 18.2 Å². The molecule has 0 heterocycles. The average Bonchev–Trinajstić information content (AvgIpc) is 2.90. The average molecular weight is 598 g/mol. The van der Waals surface area contributed by atoms with Crippen LogP contribution in [0.1, 0.15) is 91.5 Å². The minimum absolute atomic E-state index is 0.122. The first-order valence-corrected chi connectivity index (χ1v) is 14.6. The summed E-state index contributed by atoms with van der Waals surface area (Å²) < 4.78 is 30.9. The minimum Gasteiger partial charge on any atom is -0.480 e. The fourth-order valence-corrected chi connectivity index (χ4v) is 3.81. The number of benzene rings is 1. The molecule has 42 heavy (non-hydrogen) atoms. The molecular weight excluding hydrogens is 550 g/mol. The first kappa shape index (κ1) is 36.5. The molecule has 0 bridgehead atoms. The largest absolute Gasteiger partial charge is 0.513 e. The van der Waals surface area contributed by atoms with Crippen molar-refractivity contribution >= 4 is 24.4 Å². The number of carbonyl (C=O) groups is 4. The number of aliphatic carboxylic acids is 1. The molecule has 0 aromatic heterocycles. The van der Waals surface area contributed by atoms with Gasteiger partial charge in [0.05, 0.1) is 19.8 Å². The molecular formula is C30H47NO11. The molecule has 0 spiro atoms. The molecule has 2 atom stereocenters. The second-order valence-corrected chi connectivity index (χ2v) is 10.6. The Morgan fingerprint density at radius 1 is 0.810 bits per heavy atom. The van der Waals surface area contributed by atoms with Gasteiger partial charge < -0.3 is 39.3 Å². The smallest absolute Gasteiger partial charge is 0.480 e. The van der Waals surface area contributed by atoms with Crippen LogP contribution in [0.25, 0.3) is 0 Å². The Labute approximate surface area is 248 Å². The molecule has 0 fully saturated rings. The van der Waals surface area contributed by atoms with Crippen LogP contribution in [0.2, 0.25) is 0 Å². The lowest BCUT2D eigenvalue weighted by Crippen LogP contribution is -2.52. The van der Waals surface area contributed by atoms with Crippen LogP contribution >= 0.6 is 0 Å². The Morgan fingerprint density at radius 2 is 1.36 bits per heavy atom. The molecule has 0 aliphatic carbocycles. The Bertz CT molecular complexity index is 997. The van der Waals surface area contributed by atoms with Crippen molar-refractivity contribution in [2.45, 2.75) is 104 Å². The summed E-state index contributed by atoms with van der Waals surface area (Å²) in [7, 11) is 0. The standard InChI is InChI=1S/C30H47NO11/c1-6-8-10-15-37-28(35)41-24-13-12-23(18-25(24)42-29(36)38-16-11-9-7-2)20-30(31,26(32)33)19-22(5)40-27(34)39-17-14-21(3)4/h12-13,18,21-22H,6-11,14-17,19-20,31H2,1-5H3,(H,32,33)/t22-,30?/m0/s1. The van der Waals surface area contributed by atoms with Gasteiger partial charge in [-0.3, -0.25) is 4.79 Å². The molecule has 1 rings (SSSR count). The van der Waals surface area contributed by atoms with Gasteiger partial charge in [0, 0.05) is 12.8 Å². The maximum atomic E-state index is 12.3. The van der Waals surface area contributed by atoms with Crippen LogP contribution in [0.5, 0.6) is 11.5 Å². The van der Waals surface area contributed by atoms with Gasteiger partial charge in [-0.05, 0) is 49.8 Å². The number of unbranched alkanes of at least 4 members (excludes halogenated alkanes) is 4. The SMILES string of the molecule is CCCCCOC(=O)Oc1ccc(CC(N)(C[C@H](C)OC(=O)OCCC(C)C)C(=O)O)cc1OC(=O)OCCCCC. The molecule has 12 heteroatoms. The number of hydrogen-bond acceptors (Lipinski definition) is 11. The molecule has 0 aliphatic heterocycles. The van der Waals surface area contributed by atoms with E-state index in [4.69, 9.17) is 34.2 Å². The van der Waals surface area contributed by atoms with Gasteiger partial charge in [0.25, 0.3) is 0 Å². The zero-order valence-corrected chi connectivity index (χ0v) is 25.5. The second kappa shape index (κ2) is 19.6. The highest BCUT2D eigenvalue weighted by Crippen LogP contribution is 2.31. The van der Waals surface area contributed by atoms with Gasteiger partial charge >= 0.3 is 24.4 Å². The first-order valence-electron chi connectivity index (χ1n) is 14.6. The quantitative estimate of drug-likeness (QED) is 0.0779. The highest BCUT2D eigenvalue weighted by molar-refractivity contribution is 5.79. The summed E-state index contributed by atoms with van der Waals surface area (Å²) in [4.78, 5) is 48.7. The van der Waals surface area contributed by atoms with E-state index in [2.05, 4.69) is 0 Å². The number of hydrogen-bond donors (Lipinski definition) is 2. The van der Waals surface area contributed by atoms with Crippen LogP contribution < -0.4 is 15.2 Å². The topological polar surface area (TPSA) is 170 Å². The van der Waals surface area contributed by atoms with Crippen LogP contribution in [0, 0.1) is 5.92 Å². The van der Waals surface area contributed by atoms with Gasteiger partial charge in [0.15, 0.2) is 11.5 Å². The number of carboxylic acid groups (broad SMARTS) is 1. The minimum atomic E-state index is -1.86. The molecule has 1 unspecified atom stereocenters. The van der Waals surface area contributed by atoms with Crippen LogP contribution in [0.4, 0.5) is 14.4 Å². The maximum absolute atomic E-state index is 12.3. The van der Waals surface area contributed by atoms with Crippen molar-refractivity contribution in [2.75, 3.05) is 19.8 Å². The molecule has 0 saturated heterocycles. The summed E-state index contributed by atoms with van der Waals surface area (Å²) in [6.45, 7) is 10.0. The normalized spacial score (nSPS) is 13.0. The van der Waals surface area contributed by atoms with Gasteiger partial charge in [-0.25, -0.2) is 14.4 Å². The van der Waals surface area contributed by atoms with E-state index in [1.807, 2.05) is 27.7 Å². The van der Waals surface area contributed by atoms with Gasteiger partial charge in [0.1, 0.15) is 11.6 Å². The molecule has 0 radical (unpaired) electrons. The lowest BCUT2D eigenvalue weighted by Gasteiger charge is -2.28. The van der Waals surface area contributed by atoms with E-state index in [1.165, 1.54) is 25.1 Å². The third-order valence-corrected chi connectivity index (χ3v) is 6.14. The summed E-state index contributed by atoms with van der Waals surface area (Å²) in [5.74, 6) is -1.29. The fourth-order valence-electron chi connectivity index (χ4n) is 3.81. The zero-order chi connectivity index (χ0) is 31.5. The molecule has 3 N–H and O–H groups in total. The number of ether oxygens (including phenoxy) is 6. The number of rotatable bonds is 19. The van der Waals surface area contributed by atoms with E-state index in [9.17, 15) is 24.3 Å². The van der Waals surface area contributed by atoms with Crippen molar-refractivity contribution in [3.05, 3.63) is 23.8 Å². The van der Waals surface area contributed by atoms with Crippen molar-refractivity contribution < 1.29 is 52.7 Å². The molecule has 0 saturated carbocycles. The summed E-state index contributed by atoms with van der Waals surface area (Å²) in [6, 6.07) is 4.16. The summed E-state index contributed by atoms with van der Waals surface area (Å²) >= 11 is 0. The lowest BCUT2D eigenvalue weighted by molar-refractivity contribution is -0.144. The van der Waals surface area contributed by atoms with E-state index in [0.29, 0.717) is 30.7 Å². The first-order chi connectivity index (χ1) is 19.9. The molecule has 238 valence electrons. The predicted molar refractivity (Wildman–Crippen MR) is 154 cm³/mol. The monoisotopic (exact) mass is 597 g/mol. The molecule has 1 aromatic rings. The maximum Gasteiger partial charge on any atom is 0.513 e. The van der Waals surface area contributed by atoms with E-state index in [-0.39, 0.29) is 44.2 Å². The third kappa shape index (κ3) is 14.9. The van der Waals surface area contributed by atoms with Gasteiger partial charge in [0.2, 0.25) is 0 Å².